The lowest BCUT2D eigenvalue weighted by Crippen LogP contribution is -2.27. The fraction of sp³-hybridized carbons (Fsp3) is 0.400. The molecule has 0 aliphatic heterocycles. The van der Waals surface area contributed by atoms with E-state index in [1.54, 1.807) is 19.9 Å². The molecule has 4 nitrogen and oxygen atoms in total. The number of nitriles is 1. The average Bonchev–Trinajstić information content (AvgIpc) is 2.60. The van der Waals surface area contributed by atoms with Crippen molar-refractivity contribution in [2.45, 2.75) is 13.8 Å². The normalized spacial score (nSPS) is 11.8. The fourth-order valence-corrected chi connectivity index (χ4v) is 0.977. The summed E-state index contributed by atoms with van der Waals surface area (Å²) in [5.74, 6) is -0.140. The third kappa shape index (κ3) is 2.36. The van der Waals surface area contributed by atoms with E-state index in [0.29, 0.717) is 12.3 Å². The SMILES string of the molecule is Cc1ccoc1C(=O)NCC(C)C#N. The molecule has 1 unspecified atom stereocenters. The summed E-state index contributed by atoms with van der Waals surface area (Å²) in [6.07, 6.45) is 1.47. The van der Waals surface area contributed by atoms with E-state index < -0.39 is 0 Å². The van der Waals surface area contributed by atoms with Gasteiger partial charge in [-0.25, -0.2) is 0 Å². The Morgan fingerprint density at radius 2 is 2.50 bits per heavy atom. The van der Waals surface area contributed by atoms with Gasteiger partial charge in [0.2, 0.25) is 0 Å². The molecule has 0 bridgehead atoms. The molecule has 0 radical (unpaired) electrons. The van der Waals surface area contributed by atoms with Gasteiger partial charge in [0.1, 0.15) is 0 Å². The molecule has 0 spiro atoms. The molecule has 1 heterocycles. The van der Waals surface area contributed by atoms with Gasteiger partial charge in [-0.3, -0.25) is 4.79 Å². The van der Waals surface area contributed by atoms with Crippen LogP contribution in [-0.4, -0.2) is 12.5 Å². The molecule has 0 aromatic carbocycles. The Bertz CT molecular complexity index is 362. The van der Waals surface area contributed by atoms with Gasteiger partial charge in [0.25, 0.3) is 5.91 Å². The lowest BCUT2D eigenvalue weighted by molar-refractivity contribution is 0.0922. The largest absolute Gasteiger partial charge is 0.459 e. The van der Waals surface area contributed by atoms with Crippen molar-refractivity contribution in [1.29, 1.82) is 5.26 Å². The third-order valence-electron chi connectivity index (χ3n) is 1.86. The molecule has 0 saturated carbocycles. The van der Waals surface area contributed by atoms with Crippen molar-refractivity contribution in [2.75, 3.05) is 6.54 Å². The van der Waals surface area contributed by atoms with Crippen LogP contribution in [0.3, 0.4) is 0 Å². The molecule has 0 saturated heterocycles. The van der Waals surface area contributed by atoms with Gasteiger partial charge in [-0.05, 0) is 19.9 Å². The number of nitrogens with zero attached hydrogens (tertiary/aromatic N) is 1. The maximum absolute atomic E-state index is 11.4. The summed E-state index contributed by atoms with van der Waals surface area (Å²) in [6.45, 7) is 3.89. The Morgan fingerprint density at radius 1 is 1.79 bits per heavy atom. The van der Waals surface area contributed by atoms with Crippen LogP contribution in [0, 0.1) is 24.2 Å². The van der Waals surface area contributed by atoms with Crippen LogP contribution in [0.1, 0.15) is 23.0 Å². The van der Waals surface area contributed by atoms with E-state index >= 15 is 0 Å². The second kappa shape index (κ2) is 4.47. The molecule has 4 heteroatoms. The molecule has 14 heavy (non-hydrogen) atoms. The highest BCUT2D eigenvalue weighted by atomic mass is 16.3. The first-order valence-electron chi connectivity index (χ1n) is 4.37. The van der Waals surface area contributed by atoms with Crippen LogP contribution in [0.2, 0.25) is 0 Å². The number of carbonyl (C=O) groups is 1. The number of carbonyl (C=O) groups excluding carboxylic acids is 1. The number of hydrogen-bond acceptors (Lipinski definition) is 3. The zero-order chi connectivity index (χ0) is 10.6. The quantitative estimate of drug-likeness (QED) is 0.788. The van der Waals surface area contributed by atoms with E-state index in [4.69, 9.17) is 9.68 Å². The van der Waals surface area contributed by atoms with Gasteiger partial charge in [-0.2, -0.15) is 5.26 Å². The molecule has 1 amide bonds. The summed E-state index contributed by atoms with van der Waals surface area (Å²) in [5, 5.41) is 11.1. The first-order chi connectivity index (χ1) is 6.65. The van der Waals surface area contributed by atoms with Crippen molar-refractivity contribution < 1.29 is 9.21 Å². The van der Waals surface area contributed by atoms with Gasteiger partial charge in [-0.1, -0.05) is 0 Å². The van der Waals surface area contributed by atoms with Gasteiger partial charge in [0.15, 0.2) is 5.76 Å². The van der Waals surface area contributed by atoms with Crippen LogP contribution in [0.15, 0.2) is 16.7 Å². The predicted molar refractivity (Wildman–Crippen MR) is 50.6 cm³/mol. The minimum Gasteiger partial charge on any atom is -0.459 e. The third-order valence-corrected chi connectivity index (χ3v) is 1.86. The highest BCUT2D eigenvalue weighted by Crippen LogP contribution is 2.08. The van der Waals surface area contributed by atoms with E-state index in [0.717, 1.165) is 5.56 Å². The van der Waals surface area contributed by atoms with Crippen molar-refractivity contribution in [2.24, 2.45) is 5.92 Å². The van der Waals surface area contributed by atoms with E-state index in [2.05, 4.69) is 5.32 Å². The Hall–Kier alpha value is -1.76. The Morgan fingerprint density at radius 3 is 3.00 bits per heavy atom. The van der Waals surface area contributed by atoms with Crippen LogP contribution in [0.5, 0.6) is 0 Å². The van der Waals surface area contributed by atoms with Crippen molar-refractivity contribution in [1.82, 2.24) is 5.32 Å². The Kier molecular flexibility index (Phi) is 3.29. The zero-order valence-electron chi connectivity index (χ0n) is 8.20. The van der Waals surface area contributed by atoms with Gasteiger partial charge in [-0.15, -0.1) is 0 Å². The highest BCUT2D eigenvalue weighted by molar-refractivity contribution is 5.92. The van der Waals surface area contributed by atoms with E-state index in [-0.39, 0.29) is 11.8 Å². The lowest BCUT2D eigenvalue weighted by atomic mass is 10.2. The van der Waals surface area contributed by atoms with Crippen molar-refractivity contribution in [3.63, 3.8) is 0 Å². The molecule has 0 aliphatic carbocycles. The van der Waals surface area contributed by atoms with Gasteiger partial charge in [0.05, 0.1) is 18.3 Å². The average molecular weight is 192 g/mol. The monoisotopic (exact) mass is 192 g/mol. The summed E-state index contributed by atoms with van der Waals surface area (Å²) in [7, 11) is 0. The Labute approximate surface area is 82.5 Å². The minimum absolute atomic E-state index is 0.186. The summed E-state index contributed by atoms with van der Waals surface area (Å²) >= 11 is 0. The van der Waals surface area contributed by atoms with Crippen LogP contribution in [-0.2, 0) is 0 Å². The topological polar surface area (TPSA) is 66.0 Å². The minimum atomic E-state index is -0.269. The molecule has 74 valence electrons. The first kappa shape index (κ1) is 10.3. The van der Waals surface area contributed by atoms with E-state index in [9.17, 15) is 4.79 Å². The molecular formula is C10H12N2O2. The molecule has 1 aromatic heterocycles. The second-order valence-electron chi connectivity index (χ2n) is 3.17. The predicted octanol–water partition coefficient (Wildman–Crippen LogP) is 1.48. The van der Waals surface area contributed by atoms with E-state index in [1.807, 2.05) is 6.07 Å². The number of nitrogens with one attached hydrogen (secondary N) is 1. The van der Waals surface area contributed by atoms with Gasteiger partial charge in [0, 0.05) is 12.1 Å². The number of furan rings is 1. The van der Waals surface area contributed by atoms with Crippen molar-refractivity contribution in [3.8, 4) is 6.07 Å². The van der Waals surface area contributed by atoms with E-state index in [1.165, 1.54) is 6.26 Å². The molecule has 1 aromatic rings. The van der Waals surface area contributed by atoms with Crippen molar-refractivity contribution >= 4 is 5.91 Å². The standard InChI is InChI=1S/C10H12N2O2/c1-7(5-11)6-12-10(13)9-8(2)3-4-14-9/h3-4,7H,6H2,1-2H3,(H,12,13). The maximum atomic E-state index is 11.4. The molecule has 1 N–H and O–H groups in total. The molecule has 0 fully saturated rings. The maximum Gasteiger partial charge on any atom is 0.287 e. The number of hydrogen-bond donors (Lipinski definition) is 1. The number of rotatable bonds is 3. The fourth-order valence-electron chi connectivity index (χ4n) is 0.977. The number of amides is 1. The highest BCUT2D eigenvalue weighted by Gasteiger charge is 2.12. The molecule has 0 aliphatic rings. The van der Waals surface area contributed by atoms with Crippen LogP contribution in [0.25, 0.3) is 0 Å². The van der Waals surface area contributed by atoms with Gasteiger partial charge >= 0.3 is 0 Å². The summed E-state index contributed by atoms with van der Waals surface area (Å²) in [6, 6.07) is 3.76. The second-order valence-corrected chi connectivity index (χ2v) is 3.17. The zero-order valence-corrected chi connectivity index (χ0v) is 8.20. The van der Waals surface area contributed by atoms with Crippen LogP contribution < -0.4 is 5.32 Å². The molecule has 1 atom stereocenters. The Balaban J connectivity index is 2.53. The van der Waals surface area contributed by atoms with Crippen molar-refractivity contribution in [3.05, 3.63) is 23.7 Å². The van der Waals surface area contributed by atoms with Crippen LogP contribution in [0.4, 0.5) is 0 Å². The lowest BCUT2D eigenvalue weighted by Gasteiger charge is -2.04. The summed E-state index contributed by atoms with van der Waals surface area (Å²) in [4.78, 5) is 11.4. The molecular weight excluding hydrogens is 180 g/mol. The molecule has 1 rings (SSSR count). The smallest absolute Gasteiger partial charge is 0.287 e. The van der Waals surface area contributed by atoms with Crippen LogP contribution >= 0.6 is 0 Å². The summed E-state index contributed by atoms with van der Waals surface area (Å²) < 4.78 is 5.00. The van der Waals surface area contributed by atoms with Gasteiger partial charge < -0.3 is 9.73 Å². The first-order valence-corrected chi connectivity index (χ1v) is 4.37. The summed E-state index contributed by atoms with van der Waals surface area (Å²) in [5.41, 5.74) is 0.798. The number of aryl methyl sites for hydroxylation is 1.